The lowest BCUT2D eigenvalue weighted by Gasteiger charge is -2.17. The van der Waals surface area contributed by atoms with E-state index in [0.717, 1.165) is 0 Å². The van der Waals surface area contributed by atoms with Gasteiger partial charge in [0, 0.05) is 12.5 Å². The van der Waals surface area contributed by atoms with Crippen molar-refractivity contribution in [3.8, 4) is 5.75 Å². The van der Waals surface area contributed by atoms with Crippen molar-refractivity contribution in [1.82, 2.24) is 5.43 Å². The first-order chi connectivity index (χ1) is 8.46. The Hall–Kier alpha value is -1.27. The van der Waals surface area contributed by atoms with Crippen LogP contribution < -0.4 is 16.0 Å². The SMILES string of the molecule is CCOc1ccc(C(CCC(F)(F)F)NN)cc1. The van der Waals surface area contributed by atoms with Crippen LogP contribution in [0.1, 0.15) is 31.4 Å². The summed E-state index contributed by atoms with van der Waals surface area (Å²) >= 11 is 0. The van der Waals surface area contributed by atoms with E-state index in [2.05, 4.69) is 5.43 Å². The van der Waals surface area contributed by atoms with Gasteiger partial charge in [-0.25, -0.2) is 0 Å². The standard InChI is InChI=1S/C12H17F3N2O/c1-2-18-10-5-3-9(4-6-10)11(17-16)7-8-12(13,14)15/h3-6,11,17H,2,7-8,16H2,1H3. The van der Waals surface area contributed by atoms with Crippen LogP contribution in [-0.4, -0.2) is 12.8 Å². The molecule has 3 N–H and O–H groups in total. The molecule has 0 aliphatic heterocycles. The second-order valence-corrected chi connectivity index (χ2v) is 3.88. The van der Waals surface area contributed by atoms with Crippen LogP contribution in [-0.2, 0) is 0 Å². The first-order valence-electron chi connectivity index (χ1n) is 5.72. The Morgan fingerprint density at radius 3 is 2.33 bits per heavy atom. The smallest absolute Gasteiger partial charge is 0.389 e. The van der Waals surface area contributed by atoms with Crippen LogP contribution >= 0.6 is 0 Å². The molecule has 1 aromatic carbocycles. The molecule has 0 fully saturated rings. The zero-order valence-electron chi connectivity index (χ0n) is 10.1. The minimum atomic E-state index is -4.17. The number of hydrazine groups is 1. The van der Waals surface area contributed by atoms with E-state index in [9.17, 15) is 13.2 Å². The number of hydrogen-bond donors (Lipinski definition) is 2. The molecule has 6 heteroatoms. The highest BCUT2D eigenvalue weighted by molar-refractivity contribution is 5.29. The number of alkyl halides is 3. The summed E-state index contributed by atoms with van der Waals surface area (Å²) in [6, 6.07) is 6.35. The zero-order valence-corrected chi connectivity index (χ0v) is 10.1. The fourth-order valence-electron chi connectivity index (χ4n) is 1.62. The summed E-state index contributed by atoms with van der Waals surface area (Å²) in [4.78, 5) is 0. The van der Waals surface area contributed by atoms with Crippen molar-refractivity contribution in [3.63, 3.8) is 0 Å². The van der Waals surface area contributed by atoms with Gasteiger partial charge in [0.25, 0.3) is 0 Å². The van der Waals surface area contributed by atoms with Crippen molar-refractivity contribution >= 4 is 0 Å². The third kappa shape index (κ3) is 4.93. The van der Waals surface area contributed by atoms with E-state index in [1.165, 1.54) is 0 Å². The lowest BCUT2D eigenvalue weighted by atomic mass is 10.0. The third-order valence-corrected chi connectivity index (χ3v) is 2.51. The Balaban J connectivity index is 2.64. The number of nitrogens with one attached hydrogen (secondary N) is 1. The molecule has 0 aromatic heterocycles. The molecule has 1 atom stereocenters. The maximum atomic E-state index is 12.1. The lowest BCUT2D eigenvalue weighted by molar-refractivity contribution is -0.136. The first-order valence-corrected chi connectivity index (χ1v) is 5.72. The predicted molar refractivity (Wildman–Crippen MR) is 63.0 cm³/mol. The topological polar surface area (TPSA) is 47.3 Å². The van der Waals surface area contributed by atoms with E-state index >= 15 is 0 Å². The summed E-state index contributed by atoms with van der Waals surface area (Å²) in [5, 5.41) is 0. The van der Waals surface area contributed by atoms with Gasteiger partial charge in [0.05, 0.1) is 6.61 Å². The van der Waals surface area contributed by atoms with Crippen LogP contribution in [0.4, 0.5) is 13.2 Å². The molecule has 0 bridgehead atoms. The number of halogens is 3. The highest BCUT2D eigenvalue weighted by Gasteiger charge is 2.28. The summed E-state index contributed by atoms with van der Waals surface area (Å²) in [7, 11) is 0. The average Bonchev–Trinajstić information content (AvgIpc) is 2.31. The van der Waals surface area contributed by atoms with Crippen molar-refractivity contribution in [3.05, 3.63) is 29.8 Å². The van der Waals surface area contributed by atoms with E-state index in [1.807, 2.05) is 6.92 Å². The van der Waals surface area contributed by atoms with Gasteiger partial charge in [-0.15, -0.1) is 0 Å². The van der Waals surface area contributed by atoms with E-state index in [0.29, 0.717) is 17.9 Å². The molecular weight excluding hydrogens is 245 g/mol. The van der Waals surface area contributed by atoms with Crippen LogP contribution in [0.25, 0.3) is 0 Å². The minimum absolute atomic E-state index is 0.0893. The Morgan fingerprint density at radius 2 is 1.89 bits per heavy atom. The fourth-order valence-corrected chi connectivity index (χ4v) is 1.62. The van der Waals surface area contributed by atoms with Crippen molar-refractivity contribution in [2.24, 2.45) is 5.84 Å². The van der Waals surface area contributed by atoms with Gasteiger partial charge >= 0.3 is 6.18 Å². The molecule has 18 heavy (non-hydrogen) atoms. The predicted octanol–water partition coefficient (Wildman–Crippen LogP) is 2.93. The molecule has 0 heterocycles. The molecule has 0 saturated carbocycles. The molecule has 0 spiro atoms. The second kappa shape index (κ2) is 6.61. The molecule has 0 aliphatic rings. The summed E-state index contributed by atoms with van der Waals surface area (Å²) in [6.07, 6.45) is -5.12. The quantitative estimate of drug-likeness (QED) is 0.612. The number of rotatable bonds is 6. The van der Waals surface area contributed by atoms with Gasteiger partial charge in [-0.05, 0) is 31.0 Å². The minimum Gasteiger partial charge on any atom is -0.494 e. The molecule has 1 rings (SSSR count). The number of hydrogen-bond acceptors (Lipinski definition) is 3. The first kappa shape index (κ1) is 14.8. The van der Waals surface area contributed by atoms with Crippen molar-refractivity contribution < 1.29 is 17.9 Å². The maximum absolute atomic E-state index is 12.1. The molecule has 0 aliphatic carbocycles. The van der Waals surface area contributed by atoms with Crippen LogP contribution in [0.2, 0.25) is 0 Å². The Labute approximate surface area is 104 Å². The van der Waals surface area contributed by atoms with Crippen molar-refractivity contribution in [2.45, 2.75) is 32.0 Å². The molecule has 0 radical (unpaired) electrons. The molecule has 1 unspecified atom stereocenters. The van der Waals surface area contributed by atoms with E-state index in [-0.39, 0.29) is 6.42 Å². The monoisotopic (exact) mass is 262 g/mol. The molecule has 0 amide bonds. The van der Waals surface area contributed by atoms with Gasteiger partial charge in [0.1, 0.15) is 5.75 Å². The van der Waals surface area contributed by atoms with Crippen LogP contribution in [0.15, 0.2) is 24.3 Å². The number of ether oxygens (including phenoxy) is 1. The van der Waals surface area contributed by atoms with Gasteiger partial charge in [0.2, 0.25) is 0 Å². The molecular formula is C12H17F3N2O. The van der Waals surface area contributed by atoms with Crippen LogP contribution in [0.3, 0.4) is 0 Å². The summed E-state index contributed by atoms with van der Waals surface area (Å²) in [6.45, 7) is 2.41. The van der Waals surface area contributed by atoms with Gasteiger partial charge in [-0.2, -0.15) is 13.2 Å². The largest absolute Gasteiger partial charge is 0.494 e. The van der Waals surface area contributed by atoms with Gasteiger partial charge in [-0.3, -0.25) is 11.3 Å². The van der Waals surface area contributed by atoms with Crippen LogP contribution in [0.5, 0.6) is 5.75 Å². The van der Waals surface area contributed by atoms with Crippen molar-refractivity contribution in [1.29, 1.82) is 0 Å². The van der Waals surface area contributed by atoms with E-state index in [1.54, 1.807) is 24.3 Å². The molecule has 3 nitrogen and oxygen atoms in total. The van der Waals surface area contributed by atoms with Crippen LogP contribution in [0, 0.1) is 0 Å². The van der Waals surface area contributed by atoms with Gasteiger partial charge in [0.15, 0.2) is 0 Å². The Morgan fingerprint density at radius 1 is 1.28 bits per heavy atom. The highest BCUT2D eigenvalue weighted by Crippen LogP contribution is 2.27. The lowest BCUT2D eigenvalue weighted by Crippen LogP contribution is -2.29. The van der Waals surface area contributed by atoms with E-state index < -0.39 is 18.6 Å². The Bertz CT molecular complexity index is 351. The number of benzene rings is 1. The third-order valence-electron chi connectivity index (χ3n) is 2.51. The van der Waals surface area contributed by atoms with Crippen molar-refractivity contribution in [2.75, 3.05) is 6.61 Å². The average molecular weight is 262 g/mol. The van der Waals surface area contributed by atoms with Gasteiger partial charge < -0.3 is 4.74 Å². The molecule has 0 saturated heterocycles. The van der Waals surface area contributed by atoms with E-state index in [4.69, 9.17) is 10.6 Å². The summed E-state index contributed by atoms with van der Waals surface area (Å²) in [5.74, 6) is 5.97. The highest BCUT2D eigenvalue weighted by atomic mass is 19.4. The maximum Gasteiger partial charge on any atom is 0.389 e. The normalized spacial score (nSPS) is 13.4. The Kier molecular flexibility index (Phi) is 5.43. The second-order valence-electron chi connectivity index (χ2n) is 3.88. The number of nitrogens with two attached hydrogens (primary N) is 1. The molecule has 1 aromatic rings. The zero-order chi connectivity index (χ0) is 13.6. The fraction of sp³-hybridized carbons (Fsp3) is 0.500. The molecule has 102 valence electrons. The van der Waals surface area contributed by atoms with Gasteiger partial charge in [-0.1, -0.05) is 12.1 Å². The summed E-state index contributed by atoms with van der Waals surface area (Å²) < 4.78 is 41.7. The summed E-state index contributed by atoms with van der Waals surface area (Å²) in [5.41, 5.74) is 3.11.